The normalized spacial score (nSPS) is 19.5. The molecule has 10 heteroatoms. The third-order valence-corrected chi connectivity index (χ3v) is 4.87. The summed E-state index contributed by atoms with van der Waals surface area (Å²) in [6.45, 7) is 0.562. The van der Waals surface area contributed by atoms with Crippen molar-refractivity contribution >= 4 is 29.7 Å². The number of benzene rings is 2. The van der Waals surface area contributed by atoms with E-state index in [-0.39, 0.29) is 12.1 Å². The van der Waals surface area contributed by atoms with E-state index in [0.717, 1.165) is 0 Å². The molecule has 0 saturated heterocycles. The minimum Gasteiger partial charge on any atom is -0.383 e. The number of nitrogens with zero attached hydrogens (tertiary/aromatic N) is 1. The highest BCUT2D eigenvalue weighted by Crippen LogP contribution is 2.31. The van der Waals surface area contributed by atoms with Gasteiger partial charge in [0.05, 0.1) is 12.9 Å². The van der Waals surface area contributed by atoms with Gasteiger partial charge in [0.25, 0.3) is 11.8 Å². The lowest BCUT2D eigenvalue weighted by Gasteiger charge is -2.31. The number of anilines is 1. The van der Waals surface area contributed by atoms with Gasteiger partial charge in [0.1, 0.15) is 5.82 Å². The molecule has 0 aromatic heterocycles. The van der Waals surface area contributed by atoms with E-state index in [9.17, 15) is 18.8 Å². The number of nitrogens with one attached hydrogen (secondary N) is 3. The van der Waals surface area contributed by atoms with Crippen LogP contribution in [0.1, 0.15) is 15.9 Å². The number of aliphatic imine (C=N–C) groups is 1. The summed E-state index contributed by atoms with van der Waals surface area (Å²) in [7, 11) is 1.51. The van der Waals surface area contributed by atoms with E-state index < -0.39 is 35.1 Å². The number of nitrogens with two attached hydrogens (primary N) is 1. The van der Waals surface area contributed by atoms with Crippen molar-refractivity contribution in [2.75, 3.05) is 25.6 Å². The highest BCUT2D eigenvalue weighted by Gasteiger charge is 2.52. The number of carbonyl (C=O) groups excluding carboxylic acids is 3. The van der Waals surface area contributed by atoms with E-state index in [1.165, 1.54) is 37.7 Å². The molecule has 2 unspecified atom stereocenters. The zero-order chi connectivity index (χ0) is 22.4. The number of rotatable bonds is 8. The third kappa shape index (κ3) is 4.53. The Morgan fingerprint density at radius 2 is 1.84 bits per heavy atom. The highest BCUT2D eigenvalue weighted by atomic mass is 19.1. The monoisotopic (exact) mass is 427 g/mol. The van der Waals surface area contributed by atoms with Crippen molar-refractivity contribution in [1.29, 1.82) is 0 Å². The number of ether oxygens (including phenoxy) is 1. The van der Waals surface area contributed by atoms with Gasteiger partial charge in [-0.05, 0) is 42.0 Å². The maximum atomic E-state index is 13.0. The molecule has 2 aromatic rings. The van der Waals surface area contributed by atoms with Gasteiger partial charge in [0.2, 0.25) is 5.91 Å². The molecule has 31 heavy (non-hydrogen) atoms. The number of primary amides is 1. The van der Waals surface area contributed by atoms with Crippen molar-refractivity contribution < 1.29 is 23.5 Å². The summed E-state index contributed by atoms with van der Waals surface area (Å²) < 4.78 is 17.9. The number of hydrogen-bond donors (Lipinski definition) is 4. The molecule has 9 nitrogen and oxygen atoms in total. The Labute approximate surface area is 177 Å². The molecule has 3 rings (SSSR count). The average molecular weight is 427 g/mol. The Morgan fingerprint density at radius 1 is 1.16 bits per heavy atom. The van der Waals surface area contributed by atoms with Gasteiger partial charge in [-0.15, -0.1) is 0 Å². The topological polar surface area (TPSA) is 135 Å². The summed E-state index contributed by atoms with van der Waals surface area (Å²) in [6, 6.07) is 10.3. The lowest BCUT2D eigenvalue weighted by molar-refractivity contribution is -0.131. The van der Waals surface area contributed by atoms with Crippen LogP contribution in [-0.2, 0) is 19.9 Å². The van der Waals surface area contributed by atoms with Crippen molar-refractivity contribution in [3.8, 4) is 0 Å². The second-order valence-corrected chi connectivity index (χ2v) is 6.82. The molecular weight excluding hydrogens is 405 g/mol. The first kappa shape index (κ1) is 21.9. The smallest absolute Gasteiger partial charge is 0.255 e. The molecule has 1 heterocycles. The van der Waals surface area contributed by atoms with E-state index in [1.54, 1.807) is 24.3 Å². The number of methoxy groups -OCH3 is 1. The quantitative estimate of drug-likeness (QED) is 0.456. The molecule has 3 amide bonds. The summed E-state index contributed by atoms with van der Waals surface area (Å²) in [5, 5.41) is 8.16. The molecule has 1 aliphatic rings. The van der Waals surface area contributed by atoms with Crippen molar-refractivity contribution in [2.45, 2.75) is 11.6 Å². The summed E-state index contributed by atoms with van der Waals surface area (Å²) in [5.41, 5.74) is 5.23. The van der Waals surface area contributed by atoms with Crippen LogP contribution in [0.4, 0.5) is 10.1 Å². The Kier molecular flexibility index (Phi) is 6.61. The second-order valence-electron chi connectivity index (χ2n) is 6.82. The first-order chi connectivity index (χ1) is 14.9. The fourth-order valence-corrected chi connectivity index (χ4v) is 3.25. The van der Waals surface area contributed by atoms with Crippen LogP contribution in [-0.4, -0.2) is 50.4 Å². The van der Waals surface area contributed by atoms with Gasteiger partial charge in [-0.25, -0.2) is 4.39 Å². The van der Waals surface area contributed by atoms with Crippen LogP contribution >= 0.6 is 0 Å². The molecule has 0 spiro atoms. The molecule has 2 atom stereocenters. The standard InChI is InChI=1S/C21H22FN5O4/c1-31-11-10-24-19(29)17-21(20(23)30,26-12-25-17)14-4-8-16(9-5-14)27-18(28)13-2-6-15(22)7-3-13/h2-9,12,17H,10-11H2,1H3,(H2,23,30)(H,24,29)(H,25,26)(H,27,28). The van der Waals surface area contributed by atoms with Gasteiger partial charge in [0.15, 0.2) is 11.6 Å². The Balaban J connectivity index is 1.79. The van der Waals surface area contributed by atoms with Crippen molar-refractivity contribution in [3.05, 3.63) is 65.5 Å². The highest BCUT2D eigenvalue weighted by molar-refractivity contribution is 6.04. The van der Waals surface area contributed by atoms with Crippen molar-refractivity contribution in [2.24, 2.45) is 10.7 Å². The molecule has 0 radical (unpaired) electrons. The largest absolute Gasteiger partial charge is 0.383 e. The zero-order valence-corrected chi connectivity index (χ0v) is 16.7. The summed E-state index contributed by atoms with van der Waals surface area (Å²) in [5.74, 6) is -2.12. The van der Waals surface area contributed by atoms with E-state index in [4.69, 9.17) is 10.5 Å². The van der Waals surface area contributed by atoms with Crippen molar-refractivity contribution in [1.82, 2.24) is 10.6 Å². The first-order valence-electron chi connectivity index (χ1n) is 9.42. The second kappa shape index (κ2) is 9.35. The van der Waals surface area contributed by atoms with Gasteiger partial charge in [-0.1, -0.05) is 12.1 Å². The van der Waals surface area contributed by atoms with Crippen LogP contribution in [0.25, 0.3) is 0 Å². The predicted octanol–water partition coefficient (Wildman–Crippen LogP) is 0.521. The van der Waals surface area contributed by atoms with Crippen LogP contribution in [0.15, 0.2) is 53.5 Å². The van der Waals surface area contributed by atoms with Gasteiger partial charge < -0.3 is 26.4 Å². The Hall–Kier alpha value is -3.79. The van der Waals surface area contributed by atoms with Crippen LogP contribution < -0.4 is 21.7 Å². The lowest BCUT2D eigenvalue weighted by Crippen LogP contribution is -2.60. The maximum absolute atomic E-state index is 13.0. The molecule has 162 valence electrons. The fraction of sp³-hybridized carbons (Fsp3) is 0.238. The zero-order valence-electron chi connectivity index (χ0n) is 16.7. The fourth-order valence-electron chi connectivity index (χ4n) is 3.25. The van der Waals surface area contributed by atoms with Gasteiger partial charge in [0, 0.05) is 24.9 Å². The van der Waals surface area contributed by atoms with Crippen LogP contribution in [0.2, 0.25) is 0 Å². The minimum atomic E-state index is -1.57. The molecule has 0 bridgehead atoms. The predicted molar refractivity (Wildman–Crippen MR) is 112 cm³/mol. The Bertz CT molecular complexity index is 994. The van der Waals surface area contributed by atoms with Crippen LogP contribution in [0.3, 0.4) is 0 Å². The molecule has 2 aromatic carbocycles. The van der Waals surface area contributed by atoms with Crippen LogP contribution in [0, 0.1) is 5.82 Å². The Morgan fingerprint density at radius 3 is 2.45 bits per heavy atom. The van der Waals surface area contributed by atoms with Gasteiger partial charge in [-0.2, -0.15) is 0 Å². The minimum absolute atomic E-state index is 0.255. The van der Waals surface area contributed by atoms with E-state index in [2.05, 4.69) is 20.9 Å². The molecule has 0 fully saturated rings. The summed E-state index contributed by atoms with van der Waals surface area (Å²) in [4.78, 5) is 41.4. The van der Waals surface area contributed by atoms with E-state index in [0.29, 0.717) is 17.9 Å². The molecule has 0 aliphatic carbocycles. The number of carbonyl (C=O) groups is 3. The molecule has 0 saturated carbocycles. The molecular formula is C21H22FN5O4. The maximum Gasteiger partial charge on any atom is 0.255 e. The van der Waals surface area contributed by atoms with Gasteiger partial charge in [-0.3, -0.25) is 19.4 Å². The third-order valence-electron chi connectivity index (χ3n) is 4.87. The van der Waals surface area contributed by atoms with E-state index >= 15 is 0 Å². The number of halogens is 1. The molecule has 1 aliphatic heterocycles. The number of hydrogen-bond acceptors (Lipinski definition) is 6. The summed E-state index contributed by atoms with van der Waals surface area (Å²) >= 11 is 0. The van der Waals surface area contributed by atoms with E-state index in [1.807, 2.05) is 0 Å². The SMILES string of the molecule is COCCNC(=O)C1N=CNC1(C(N)=O)c1ccc(NC(=O)c2ccc(F)cc2)cc1. The number of amides is 3. The summed E-state index contributed by atoms with van der Waals surface area (Å²) in [6.07, 6.45) is 1.27. The van der Waals surface area contributed by atoms with Crippen molar-refractivity contribution in [3.63, 3.8) is 0 Å². The molecule has 5 N–H and O–H groups in total. The lowest BCUT2D eigenvalue weighted by atomic mass is 9.82. The average Bonchev–Trinajstić information content (AvgIpc) is 3.21. The van der Waals surface area contributed by atoms with Crippen LogP contribution in [0.5, 0.6) is 0 Å². The van der Waals surface area contributed by atoms with Gasteiger partial charge >= 0.3 is 0 Å². The first-order valence-corrected chi connectivity index (χ1v) is 9.42.